The molecule has 4 rings (SSSR count). The third-order valence-electron chi connectivity index (χ3n) is 4.99. The van der Waals surface area contributed by atoms with Gasteiger partial charge >= 0.3 is 0 Å². The number of carbonyl (C=O) groups is 2. The van der Waals surface area contributed by atoms with E-state index < -0.39 is 0 Å². The van der Waals surface area contributed by atoms with Crippen molar-refractivity contribution in [3.63, 3.8) is 0 Å². The molecule has 0 unspecified atom stereocenters. The zero-order valence-electron chi connectivity index (χ0n) is 17.7. The monoisotopic (exact) mass is 450 g/mol. The summed E-state index contributed by atoms with van der Waals surface area (Å²) in [5.41, 5.74) is 1.65. The molecule has 2 aromatic carbocycles. The molecule has 0 aliphatic heterocycles. The summed E-state index contributed by atoms with van der Waals surface area (Å²) in [7, 11) is 0. The number of hydrogen-bond donors (Lipinski definition) is 2. The van der Waals surface area contributed by atoms with Crippen molar-refractivity contribution in [3.05, 3.63) is 82.0 Å². The van der Waals surface area contributed by atoms with E-state index in [-0.39, 0.29) is 18.4 Å². The molecule has 0 atom stereocenters. The van der Waals surface area contributed by atoms with Crippen LogP contribution in [0, 0.1) is 0 Å². The lowest BCUT2D eigenvalue weighted by atomic mass is 10.1. The van der Waals surface area contributed by atoms with Gasteiger partial charge in [-0.2, -0.15) is 0 Å². The van der Waals surface area contributed by atoms with E-state index >= 15 is 0 Å². The second-order valence-electron chi connectivity index (χ2n) is 7.68. The maximum atomic E-state index is 12.5. The minimum absolute atomic E-state index is 0.0298. The Bertz CT molecular complexity index is 1030. The van der Waals surface area contributed by atoms with E-state index in [2.05, 4.69) is 10.6 Å². The second-order valence-corrected chi connectivity index (χ2v) is 8.71. The zero-order chi connectivity index (χ0) is 22.2. The first kappa shape index (κ1) is 21.9. The number of thiophene rings is 1. The number of amides is 2. The highest BCUT2D eigenvalue weighted by atomic mass is 32.1. The summed E-state index contributed by atoms with van der Waals surface area (Å²) < 4.78 is 11.3. The Kier molecular flexibility index (Phi) is 7.40. The SMILES string of the molecule is O=C(COc1ccc(CCNC(=O)c2cccc(OCc3cccs3)c2)cc1)NC1CC1. The average molecular weight is 451 g/mol. The molecule has 1 aromatic heterocycles. The number of rotatable bonds is 11. The van der Waals surface area contributed by atoms with E-state index in [9.17, 15) is 9.59 Å². The van der Waals surface area contributed by atoms with Crippen molar-refractivity contribution in [1.29, 1.82) is 0 Å². The molecule has 1 aliphatic carbocycles. The van der Waals surface area contributed by atoms with E-state index in [1.165, 1.54) is 0 Å². The summed E-state index contributed by atoms with van der Waals surface area (Å²) in [4.78, 5) is 25.3. The molecule has 0 radical (unpaired) electrons. The van der Waals surface area contributed by atoms with Gasteiger partial charge in [-0.15, -0.1) is 11.3 Å². The summed E-state index contributed by atoms with van der Waals surface area (Å²) >= 11 is 1.64. The predicted molar refractivity (Wildman–Crippen MR) is 124 cm³/mol. The lowest BCUT2D eigenvalue weighted by Gasteiger charge is -2.09. The second kappa shape index (κ2) is 10.8. The van der Waals surface area contributed by atoms with Gasteiger partial charge in [0.15, 0.2) is 6.61 Å². The van der Waals surface area contributed by atoms with Crippen LogP contribution in [0.1, 0.15) is 33.6 Å². The molecular weight excluding hydrogens is 424 g/mol. The van der Waals surface area contributed by atoms with E-state index in [1.807, 2.05) is 53.9 Å². The number of carbonyl (C=O) groups excluding carboxylic acids is 2. The van der Waals surface area contributed by atoms with E-state index in [1.54, 1.807) is 23.5 Å². The Labute approximate surface area is 191 Å². The average Bonchev–Trinajstić information content (AvgIpc) is 3.47. The molecule has 1 saturated carbocycles. The maximum Gasteiger partial charge on any atom is 0.258 e. The standard InChI is InChI=1S/C25H26N2O4S/c28-24(27-20-8-9-20)17-31-21-10-6-18(7-11-21)12-13-26-25(29)19-3-1-4-22(15-19)30-16-23-5-2-14-32-23/h1-7,10-11,14-15,20H,8-9,12-13,16-17H2,(H,26,29)(H,27,28). The quantitative estimate of drug-likeness (QED) is 0.464. The Balaban J connectivity index is 1.18. The molecule has 1 heterocycles. The van der Waals surface area contributed by atoms with Gasteiger partial charge in [0.1, 0.15) is 18.1 Å². The van der Waals surface area contributed by atoms with Crippen LogP contribution in [0.4, 0.5) is 0 Å². The Morgan fingerprint density at radius 3 is 2.56 bits per heavy atom. The Hall–Kier alpha value is -3.32. The summed E-state index contributed by atoms with van der Waals surface area (Å²) in [6.45, 7) is 1.04. The molecule has 166 valence electrons. The lowest BCUT2D eigenvalue weighted by molar-refractivity contribution is -0.123. The highest BCUT2D eigenvalue weighted by Gasteiger charge is 2.23. The van der Waals surface area contributed by atoms with Crippen molar-refractivity contribution in [2.75, 3.05) is 13.2 Å². The van der Waals surface area contributed by atoms with Crippen molar-refractivity contribution in [1.82, 2.24) is 10.6 Å². The van der Waals surface area contributed by atoms with Gasteiger partial charge in [0, 0.05) is 23.0 Å². The number of ether oxygens (including phenoxy) is 2. The summed E-state index contributed by atoms with van der Waals surface area (Å²) in [5, 5.41) is 7.85. The molecule has 6 nitrogen and oxygen atoms in total. The van der Waals surface area contributed by atoms with Crippen LogP contribution >= 0.6 is 11.3 Å². The van der Waals surface area contributed by atoms with Crippen LogP contribution in [0.3, 0.4) is 0 Å². The van der Waals surface area contributed by atoms with Crippen molar-refractivity contribution in [2.45, 2.75) is 31.9 Å². The molecule has 2 N–H and O–H groups in total. The summed E-state index contributed by atoms with van der Waals surface area (Å²) in [6.07, 6.45) is 2.82. The summed E-state index contributed by atoms with van der Waals surface area (Å²) in [5.74, 6) is 1.11. The molecule has 2 amide bonds. The molecule has 0 bridgehead atoms. The van der Waals surface area contributed by atoms with Crippen LogP contribution in [0.15, 0.2) is 66.0 Å². The minimum atomic E-state index is -0.131. The zero-order valence-corrected chi connectivity index (χ0v) is 18.5. The number of nitrogens with one attached hydrogen (secondary N) is 2. The van der Waals surface area contributed by atoms with Crippen molar-refractivity contribution in [3.8, 4) is 11.5 Å². The topological polar surface area (TPSA) is 76.7 Å². The first-order valence-electron chi connectivity index (χ1n) is 10.7. The molecule has 0 spiro atoms. The smallest absolute Gasteiger partial charge is 0.258 e. The molecule has 7 heteroatoms. The first-order chi connectivity index (χ1) is 15.7. The molecule has 32 heavy (non-hydrogen) atoms. The fraction of sp³-hybridized carbons (Fsp3) is 0.280. The highest BCUT2D eigenvalue weighted by molar-refractivity contribution is 7.09. The van der Waals surface area contributed by atoms with E-state index in [0.717, 1.165) is 23.3 Å². The Morgan fingerprint density at radius 1 is 0.969 bits per heavy atom. The third kappa shape index (κ3) is 6.85. The third-order valence-corrected chi connectivity index (χ3v) is 5.84. The maximum absolute atomic E-state index is 12.5. The fourth-order valence-electron chi connectivity index (χ4n) is 3.10. The fourth-order valence-corrected chi connectivity index (χ4v) is 3.71. The minimum Gasteiger partial charge on any atom is -0.488 e. The molecule has 1 fully saturated rings. The van der Waals surface area contributed by atoms with Gasteiger partial charge < -0.3 is 20.1 Å². The summed E-state index contributed by atoms with van der Waals surface area (Å²) in [6, 6.07) is 19.1. The molecule has 0 saturated heterocycles. The van der Waals surface area contributed by atoms with E-state index in [0.29, 0.717) is 42.7 Å². The lowest BCUT2D eigenvalue weighted by Crippen LogP contribution is -2.30. The van der Waals surface area contributed by atoms with Crippen LogP contribution in [-0.2, 0) is 17.8 Å². The van der Waals surface area contributed by atoms with Gasteiger partial charge in [-0.25, -0.2) is 0 Å². The van der Waals surface area contributed by atoms with Gasteiger partial charge in [0.25, 0.3) is 11.8 Å². The van der Waals surface area contributed by atoms with Gasteiger partial charge in [0.2, 0.25) is 0 Å². The molecular formula is C25H26N2O4S. The van der Waals surface area contributed by atoms with Crippen LogP contribution in [0.2, 0.25) is 0 Å². The van der Waals surface area contributed by atoms with Crippen LogP contribution in [-0.4, -0.2) is 31.0 Å². The Morgan fingerprint density at radius 2 is 1.81 bits per heavy atom. The van der Waals surface area contributed by atoms with Crippen LogP contribution < -0.4 is 20.1 Å². The van der Waals surface area contributed by atoms with Crippen molar-refractivity contribution in [2.24, 2.45) is 0 Å². The highest BCUT2D eigenvalue weighted by Crippen LogP contribution is 2.19. The largest absolute Gasteiger partial charge is 0.488 e. The van der Waals surface area contributed by atoms with Gasteiger partial charge in [0.05, 0.1) is 0 Å². The van der Waals surface area contributed by atoms with Crippen LogP contribution in [0.25, 0.3) is 0 Å². The van der Waals surface area contributed by atoms with Gasteiger partial charge in [-0.1, -0.05) is 24.3 Å². The van der Waals surface area contributed by atoms with Crippen LogP contribution in [0.5, 0.6) is 11.5 Å². The number of hydrogen-bond acceptors (Lipinski definition) is 5. The molecule has 3 aromatic rings. The van der Waals surface area contributed by atoms with Crippen molar-refractivity contribution >= 4 is 23.2 Å². The predicted octanol–water partition coefficient (Wildman–Crippen LogP) is 3.96. The molecule has 1 aliphatic rings. The number of benzene rings is 2. The van der Waals surface area contributed by atoms with Gasteiger partial charge in [-0.05, 0) is 66.6 Å². The van der Waals surface area contributed by atoms with Gasteiger partial charge in [-0.3, -0.25) is 9.59 Å². The first-order valence-corrected chi connectivity index (χ1v) is 11.6. The van der Waals surface area contributed by atoms with Crippen molar-refractivity contribution < 1.29 is 19.1 Å². The van der Waals surface area contributed by atoms with E-state index in [4.69, 9.17) is 9.47 Å². The normalized spacial score (nSPS) is 12.8.